The van der Waals surface area contributed by atoms with Gasteiger partial charge in [0.25, 0.3) is 0 Å². The summed E-state index contributed by atoms with van der Waals surface area (Å²) in [7, 11) is 3.90. The molecule has 2 heterocycles. The van der Waals surface area contributed by atoms with Crippen LogP contribution in [0.2, 0.25) is 0 Å². The molecular weight excluding hydrogens is 260 g/mol. The summed E-state index contributed by atoms with van der Waals surface area (Å²) < 4.78 is 9.52. The summed E-state index contributed by atoms with van der Waals surface area (Å²) in [4.78, 5) is 9.49. The molecule has 0 saturated carbocycles. The fourth-order valence-corrected chi connectivity index (χ4v) is 3.21. The summed E-state index contributed by atoms with van der Waals surface area (Å²) in [5.41, 5.74) is 0. The van der Waals surface area contributed by atoms with Crippen LogP contribution in [0.15, 0.2) is 0 Å². The number of nitrogens with zero attached hydrogens (tertiary/aromatic N) is 4. The number of ether oxygens (including phenoxy) is 1. The third-order valence-corrected chi connectivity index (χ3v) is 4.42. The number of methoxy groups -OCH3 is 1. The smallest absolute Gasteiger partial charge is 0.205 e. The number of rotatable bonds is 5. The molecule has 1 unspecified atom stereocenters. The first-order valence-electron chi connectivity index (χ1n) is 6.88. The summed E-state index contributed by atoms with van der Waals surface area (Å²) in [6.07, 6.45) is 0.799. The fraction of sp³-hybridized carbons (Fsp3) is 0.846. The minimum Gasteiger partial charge on any atom is -0.384 e. The zero-order valence-corrected chi connectivity index (χ0v) is 13.1. The van der Waals surface area contributed by atoms with E-state index in [1.165, 1.54) is 11.5 Å². The summed E-state index contributed by atoms with van der Waals surface area (Å²) in [5.74, 6) is 1.53. The van der Waals surface area contributed by atoms with Gasteiger partial charge in [-0.15, -0.1) is 0 Å². The van der Waals surface area contributed by atoms with Gasteiger partial charge in [0.05, 0.1) is 6.61 Å². The van der Waals surface area contributed by atoms with Crippen LogP contribution in [-0.2, 0) is 11.2 Å². The lowest BCUT2D eigenvalue weighted by Gasteiger charge is -2.41. The SMILES string of the molecule is COCCc1nsc(N2CCN(C)CC2C(C)C)n1. The molecule has 0 N–H and O–H groups in total. The highest BCUT2D eigenvalue weighted by molar-refractivity contribution is 7.09. The van der Waals surface area contributed by atoms with Gasteiger partial charge < -0.3 is 14.5 Å². The molecule has 2 rings (SSSR count). The Balaban J connectivity index is 2.08. The van der Waals surface area contributed by atoms with E-state index in [-0.39, 0.29) is 0 Å². The maximum Gasteiger partial charge on any atom is 0.205 e. The molecule has 0 aromatic carbocycles. The van der Waals surface area contributed by atoms with Gasteiger partial charge in [-0.1, -0.05) is 13.8 Å². The van der Waals surface area contributed by atoms with Gasteiger partial charge in [-0.2, -0.15) is 4.37 Å². The van der Waals surface area contributed by atoms with Crippen LogP contribution in [0.4, 0.5) is 5.13 Å². The number of likely N-dealkylation sites (N-methyl/N-ethyl adjacent to an activating group) is 1. The van der Waals surface area contributed by atoms with Gasteiger partial charge in [0.2, 0.25) is 5.13 Å². The van der Waals surface area contributed by atoms with E-state index in [0.717, 1.165) is 37.0 Å². The average Bonchev–Trinajstić information content (AvgIpc) is 2.84. The van der Waals surface area contributed by atoms with Crippen LogP contribution in [0.3, 0.4) is 0 Å². The molecule has 0 bridgehead atoms. The number of anilines is 1. The van der Waals surface area contributed by atoms with Crippen molar-refractivity contribution in [3.05, 3.63) is 5.82 Å². The molecule has 0 radical (unpaired) electrons. The molecule has 0 aliphatic carbocycles. The number of hydrogen-bond acceptors (Lipinski definition) is 6. The number of piperazine rings is 1. The van der Waals surface area contributed by atoms with Crippen molar-refractivity contribution in [3.8, 4) is 0 Å². The van der Waals surface area contributed by atoms with Gasteiger partial charge >= 0.3 is 0 Å². The van der Waals surface area contributed by atoms with Gasteiger partial charge in [-0.3, -0.25) is 0 Å². The van der Waals surface area contributed by atoms with Crippen molar-refractivity contribution >= 4 is 16.7 Å². The van der Waals surface area contributed by atoms with Crippen molar-refractivity contribution in [1.82, 2.24) is 14.3 Å². The molecule has 1 aliphatic heterocycles. The molecule has 1 fully saturated rings. The van der Waals surface area contributed by atoms with E-state index in [4.69, 9.17) is 4.74 Å². The van der Waals surface area contributed by atoms with Crippen molar-refractivity contribution in [2.24, 2.45) is 5.92 Å². The maximum absolute atomic E-state index is 5.08. The van der Waals surface area contributed by atoms with Crippen molar-refractivity contribution in [2.75, 3.05) is 45.3 Å². The molecule has 0 amide bonds. The quantitative estimate of drug-likeness (QED) is 0.820. The van der Waals surface area contributed by atoms with Crippen molar-refractivity contribution < 1.29 is 4.74 Å². The molecule has 108 valence electrons. The lowest BCUT2D eigenvalue weighted by Crippen LogP contribution is -2.54. The van der Waals surface area contributed by atoms with E-state index in [2.05, 4.69) is 40.1 Å². The van der Waals surface area contributed by atoms with Gasteiger partial charge in [0.1, 0.15) is 5.82 Å². The lowest BCUT2D eigenvalue weighted by atomic mass is 10.0. The molecule has 1 saturated heterocycles. The zero-order valence-electron chi connectivity index (χ0n) is 12.3. The second-order valence-corrected chi connectivity index (χ2v) is 6.23. The highest BCUT2D eigenvalue weighted by atomic mass is 32.1. The van der Waals surface area contributed by atoms with Crippen LogP contribution in [0.5, 0.6) is 0 Å². The third-order valence-electron chi connectivity index (χ3n) is 3.62. The zero-order chi connectivity index (χ0) is 13.8. The van der Waals surface area contributed by atoms with Crippen LogP contribution in [-0.4, -0.2) is 60.7 Å². The standard InChI is InChI=1S/C13H24N4OS/c1-10(2)11-9-16(3)6-7-17(11)13-14-12(15-19-13)5-8-18-4/h10-11H,5-9H2,1-4H3. The van der Waals surface area contributed by atoms with Gasteiger partial charge in [0, 0.05) is 50.7 Å². The first-order chi connectivity index (χ1) is 9.11. The predicted octanol–water partition coefficient (Wildman–Crippen LogP) is 1.50. The molecular formula is C13H24N4OS. The molecule has 1 aliphatic rings. The maximum atomic E-state index is 5.08. The Morgan fingerprint density at radius 2 is 2.21 bits per heavy atom. The van der Waals surface area contributed by atoms with Gasteiger partial charge in [0.15, 0.2) is 0 Å². The second kappa shape index (κ2) is 6.63. The second-order valence-electron chi connectivity index (χ2n) is 5.50. The highest BCUT2D eigenvalue weighted by Crippen LogP contribution is 2.25. The molecule has 0 spiro atoms. The summed E-state index contributed by atoms with van der Waals surface area (Å²) in [6.45, 7) is 8.49. The van der Waals surface area contributed by atoms with E-state index in [1.54, 1.807) is 7.11 Å². The number of aromatic nitrogens is 2. The summed E-state index contributed by atoms with van der Waals surface area (Å²) in [5, 5.41) is 1.07. The van der Waals surface area contributed by atoms with E-state index in [1.807, 2.05) is 0 Å². The highest BCUT2D eigenvalue weighted by Gasteiger charge is 2.29. The molecule has 5 nitrogen and oxygen atoms in total. The average molecular weight is 284 g/mol. The molecule has 19 heavy (non-hydrogen) atoms. The van der Waals surface area contributed by atoms with Gasteiger partial charge in [-0.25, -0.2) is 4.98 Å². The Labute approximate surface area is 119 Å². The lowest BCUT2D eigenvalue weighted by molar-refractivity contribution is 0.200. The van der Waals surface area contributed by atoms with Gasteiger partial charge in [-0.05, 0) is 13.0 Å². The Hall–Kier alpha value is -0.720. The third kappa shape index (κ3) is 3.64. The largest absolute Gasteiger partial charge is 0.384 e. The van der Waals surface area contributed by atoms with Crippen LogP contribution in [0.1, 0.15) is 19.7 Å². The summed E-state index contributed by atoms with van der Waals surface area (Å²) >= 11 is 1.52. The van der Waals surface area contributed by atoms with E-state index >= 15 is 0 Å². The first kappa shape index (κ1) is 14.7. The molecule has 1 atom stereocenters. The Bertz CT molecular complexity index is 396. The van der Waals surface area contributed by atoms with Crippen molar-refractivity contribution in [2.45, 2.75) is 26.3 Å². The predicted molar refractivity (Wildman–Crippen MR) is 79.0 cm³/mol. The van der Waals surface area contributed by atoms with Crippen molar-refractivity contribution in [3.63, 3.8) is 0 Å². The molecule has 6 heteroatoms. The minimum atomic E-state index is 0.530. The van der Waals surface area contributed by atoms with E-state index < -0.39 is 0 Å². The first-order valence-corrected chi connectivity index (χ1v) is 7.66. The Morgan fingerprint density at radius 3 is 2.89 bits per heavy atom. The summed E-state index contributed by atoms with van der Waals surface area (Å²) in [6, 6.07) is 0.530. The van der Waals surface area contributed by atoms with Crippen LogP contribution in [0, 0.1) is 5.92 Å². The van der Waals surface area contributed by atoms with Crippen LogP contribution in [0.25, 0.3) is 0 Å². The fourth-order valence-electron chi connectivity index (χ4n) is 2.42. The topological polar surface area (TPSA) is 41.5 Å². The minimum absolute atomic E-state index is 0.530. The number of hydrogen-bond donors (Lipinski definition) is 0. The van der Waals surface area contributed by atoms with Crippen LogP contribution < -0.4 is 4.90 Å². The normalized spacial score (nSPS) is 21.3. The van der Waals surface area contributed by atoms with Crippen molar-refractivity contribution in [1.29, 1.82) is 0 Å². The Kier molecular flexibility index (Phi) is 5.13. The Morgan fingerprint density at radius 1 is 1.42 bits per heavy atom. The van der Waals surface area contributed by atoms with Crippen LogP contribution >= 0.6 is 11.5 Å². The van der Waals surface area contributed by atoms with E-state index in [9.17, 15) is 0 Å². The van der Waals surface area contributed by atoms with E-state index in [0.29, 0.717) is 18.6 Å². The molecule has 1 aromatic heterocycles. The monoisotopic (exact) mass is 284 g/mol. The molecule has 1 aromatic rings.